The van der Waals surface area contributed by atoms with Crippen molar-refractivity contribution in [3.8, 4) is 0 Å². The van der Waals surface area contributed by atoms with Gasteiger partial charge in [0.2, 0.25) is 0 Å². The van der Waals surface area contributed by atoms with E-state index >= 15 is 0 Å². The Balaban J connectivity index is 2.36. The van der Waals surface area contributed by atoms with Crippen molar-refractivity contribution >= 4 is 0 Å². The SMILES string of the molecule is C=C[C@@]1(c2ccccc2)COCO1. The molecule has 1 atom stereocenters. The van der Waals surface area contributed by atoms with Gasteiger partial charge >= 0.3 is 0 Å². The summed E-state index contributed by atoms with van der Waals surface area (Å²) in [7, 11) is 0. The Hall–Kier alpha value is -1.12. The molecule has 1 aliphatic heterocycles. The van der Waals surface area contributed by atoms with Crippen LogP contribution in [0, 0.1) is 0 Å². The van der Waals surface area contributed by atoms with E-state index < -0.39 is 5.60 Å². The molecule has 0 amide bonds. The van der Waals surface area contributed by atoms with E-state index in [0.717, 1.165) is 5.56 Å². The van der Waals surface area contributed by atoms with Crippen molar-refractivity contribution in [3.05, 3.63) is 48.6 Å². The Bertz CT molecular complexity index is 286. The maximum absolute atomic E-state index is 5.54. The molecule has 0 unspecified atom stereocenters. The predicted molar refractivity (Wildman–Crippen MR) is 50.2 cm³/mol. The zero-order valence-electron chi connectivity index (χ0n) is 7.40. The van der Waals surface area contributed by atoms with Gasteiger partial charge in [0, 0.05) is 0 Å². The molecule has 0 saturated carbocycles. The lowest BCUT2D eigenvalue weighted by atomic mass is 9.95. The molecule has 0 N–H and O–H groups in total. The van der Waals surface area contributed by atoms with Gasteiger partial charge in [0.15, 0.2) is 0 Å². The summed E-state index contributed by atoms with van der Waals surface area (Å²) in [6.07, 6.45) is 1.80. The molecule has 2 heteroatoms. The molecule has 68 valence electrons. The highest BCUT2D eigenvalue weighted by Gasteiger charge is 2.34. The fraction of sp³-hybridized carbons (Fsp3) is 0.273. The molecule has 1 aliphatic rings. The van der Waals surface area contributed by atoms with Crippen molar-refractivity contribution < 1.29 is 9.47 Å². The highest BCUT2D eigenvalue weighted by atomic mass is 16.7. The molecule has 2 rings (SSSR count). The van der Waals surface area contributed by atoms with E-state index in [1.165, 1.54) is 0 Å². The predicted octanol–water partition coefficient (Wildman–Crippen LogP) is 2.07. The van der Waals surface area contributed by atoms with Gasteiger partial charge < -0.3 is 9.47 Å². The lowest BCUT2D eigenvalue weighted by Crippen LogP contribution is -2.25. The molecule has 0 radical (unpaired) electrons. The highest BCUT2D eigenvalue weighted by molar-refractivity contribution is 5.27. The van der Waals surface area contributed by atoms with E-state index in [1.54, 1.807) is 6.08 Å². The Morgan fingerprint density at radius 3 is 2.62 bits per heavy atom. The smallest absolute Gasteiger partial charge is 0.148 e. The highest BCUT2D eigenvalue weighted by Crippen LogP contribution is 2.31. The van der Waals surface area contributed by atoms with Gasteiger partial charge in [-0.25, -0.2) is 0 Å². The van der Waals surface area contributed by atoms with Crippen molar-refractivity contribution in [1.29, 1.82) is 0 Å². The van der Waals surface area contributed by atoms with E-state index in [2.05, 4.69) is 6.58 Å². The molecule has 13 heavy (non-hydrogen) atoms. The van der Waals surface area contributed by atoms with E-state index in [9.17, 15) is 0 Å². The second-order valence-electron chi connectivity index (χ2n) is 3.07. The minimum atomic E-state index is -0.429. The van der Waals surface area contributed by atoms with Crippen LogP contribution in [-0.2, 0) is 15.1 Å². The maximum atomic E-state index is 5.54. The van der Waals surface area contributed by atoms with Crippen LogP contribution in [0.4, 0.5) is 0 Å². The molecule has 0 bridgehead atoms. The van der Waals surface area contributed by atoms with Crippen molar-refractivity contribution in [1.82, 2.24) is 0 Å². The Kier molecular flexibility index (Phi) is 2.17. The van der Waals surface area contributed by atoms with Crippen LogP contribution in [0.25, 0.3) is 0 Å². The van der Waals surface area contributed by atoms with E-state index in [1.807, 2.05) is 30.3 Å². The monoisotopic (exact) mass is 176 g/mol. The first-order valence-electron chi connectivity index (χ1n) is 4.28. The third-order valence-corrected chi connectivity index (χ3v) is 2.31. The average Bonchev–Trinajstić information content (AvgIpc) is 2.69. The summed E-state index contributed by atoms with van der Waals surface area (Å²) in [6.45, 7) is 4.69. The molecule has 0 aromatic heterocycles. The average molecular weight is 176 g/mol. The standard InChI is InChI=1S/C11H12O2/c1-2-11(8-12-9-13-11)10-6-4-3-5-7-10/h2-7H,1,8-9H2/t11-/m0/s1. The van der Waals surface area contributed by atoms with Gasteiger partial charge in [0.05, 0.1) is 6.61 Å². The largest absolute Gasteiger partial charge is 0.352 e. The van der Waals surface area contributed by atoms with Crippen molar-refractivity contribution in [2.24, 2.45) is 0 Å². The lowest BCUT2D eigenvalue weighted by molar-refractivity contribution is 0.0154. The minimum absolute atomic E-state index is 0.348. The molecule has 1 heterocycles. The molecule has 1 fully saturated rings. The Labute approximate surface area is 77.8 Å². The van der Waals surface area contributed by atoms with Gasteiger partial charge in [-0.05, 0) is 5.56 Å². The number of rotatable bonds is 2. The zero-order valence-corrected chi connectivity index (χ0v) is 7.40. The van der Waals surface area contributed by atoms with Crippen LogP contribution in [0.2, 0.25) is 0 Å². The number of benzene rings is 1. The van der Waals surface area contributed by atoms with Gasteiger partial charge in [-0.15, -0.1) is 0 Å². The first-order valence-corrected chi connectivity index (χ1v) is 4.28. The van der Waals surface area contributed by atoms with Gasteiger partial charge in [-0.1, -0.05) is 43.0 Å². The summed E-state index contributed by atoms with van der Waals surface area (Å²) in [5, 5.41) is 0. The van der Waals surface area contributed by atoms with Crippen LogP contribution in [0.3, 0.4) is 0 Å². The summed E-state index contributed by atoms with van der Waals surface area (Å²) >= 11 is 0. The van der Waals surface area contributed by atoms with Crippen molar-refractivity contribution in [3.63, 3.8) is 0 Å². The molecule has 0 spiro atoms. The summed E-state index contributed by atoms with van der Waals surface area (Å²) in [6, 6.07) is 10.0. The fourth-order valence-corrected chi connectivity index (χ4v) is 1.50. The number of hydrogen-bond acceptors (Lipinski definition) is 2. The van der Waals surface area contributed by atoms with Crippen LogP contribution in [0.1, 0.15) is 5.56 Å². The van der Waals surface area contributed by atoms with Crippen LogP contribution < -0.4 is 0 Å². The van der Waals surface area contributed by atoms with E-state index in [-0.39, 0.29) is 0 Å². The van der Waals surface area contributed by atoms with Crippen LogP contribution in [0.15, 0.2) is 43.0 Å². The van der Waals surface area contributed by atoms with Crippen LogP contribution in [-0.4, -0.2) is 13.4 Å². The summed E-state index contributed by atoms with van der Waals surface area (Å²) in [5.41, 5.74) is 0.670. The summed E-state index contributed by atoms with van der Waals surface area (Å²) < 4.78 is 10.7. The molecule has 1 saturated heterocycles. The maximum Gasteiger partial charge on any atom is 0.148 e. The van der Waals surface area contributed by atoms with Crippen molar-refractivity contribution in [2.45, 2.75) is 5.60 Å². The van der Waals surface area contributed by atoms with Gasteiger partial charge in [0.25, 0.3) is 0 Å². The Morgan fingerprint density at radius 2 is 2.08 bits per heavy atom. The summed E-state index contributed by atoms with van der Waals surface area (Å²) in [5.74, 6) is 0. The van der Waals surface area contributed by atoms with Gasteiger partial charge in [-0.3, -0.25) is 0 Å². The first-order chi connectivity index (χ1) is 6.37. The zero-order chi connectivity index (χ0) is 9.15. The minimum Gasteiger partial charge on any atom is -0.352 e. The first kappa shape index (κ1) is 8.48. The van der Waals surface area contributed by atoms with Crippen LogP contribution >= 0.6 is 0 Å². The lowest BCUT2D eigenvalue weighted by Gasteiger charge is -2.22. The normalized spacial score (nSPS) is 27.4. The molecule has 1 aromatic rings. The third kappa shape index (κ3) is 1.39. The molecule has 1 aromatic carbocycles. The molecular weight excluding hydrogens is 164 g/mol. The van der Waals surface area contributed by atoms with Gasteiger partial charge in [-0.2, -0.15) is 0 Å². The third-order valence-electron chi connectivity index (χ3n) is 2.31. The Morgan fingerprint density at radius 1 is 1.31 bits per heavy atom. The fourth-order valence-electron chi connectivity index (χ4n) is 1.50. The van der Waals surface area contributed by atoms with Crippen molar-refractivity contribution in [2.75, 3.05) is 13.4 Å². The quantitative estimate of drug-likeness (QED) is 0.642. The molecule has 2 nitrogen and oxygen atoms in total. The number of ether oxygens (including phenoxy) is 2. The van der Waals surface area contributed by atoms with E-state index in [0.29, 0.717) is 13.4 Å². The second kappa shape index (κ2) is 3.32. The second-order valence-corrected chi connectivity index (χ2v) is 3.07. The molecular formula is C11H12O2. The van der Waals surface area contributed by atoms with Gasteiger partial charge in [0.1, 0.15) is 12.4 Å². The molecule has 0 aliphatic carbocycles. The topological polar surface area (TPSA) is 18.5 Å². The van der Waals surface area contributed by atoms with Crippen LogP contribution in [0.5, 0.6) is 0 Å². The van der Waals surface area contributed by atoms with E-state index in [4.69, 9.17) is 9.47 Å². The summed E-state index contributed by atoms with van der Waals surface area (Å²) in [4.78, 5) is 0. The number of hydrogen-bond donors (Lipinski definition) is 0.